The highest BCUT2D eigenvalue weighted by atomic mass is 16.5. The molecule has 0 fully saturated rings. The third-order valence-electron chi connectivity index (χ3n) is 3.44. The van der Waals surface area contributed by atoms with Gasteiger partial charge in [-0.25, -0.2) is 4.98 Å². The maximum Gasteiger partial charge on any atom is 0.257 e. The van der Waals surface area contributed by atoms with E-state index in [2.05, 4.69) is 20.6 Å². The third kappa shape index (κ3) is 4.80. The minimum Gasteiger partial charge on any atom is -0.491 e. The number of pyridine rings is 2. The van der Waals surface area contributed by atoms with Gasteiger partial charge in [-0.05, 0) is 62.4 Å². The normalized spacial score (nSPS) is 10.4. The van der Waals surface area contributed by atoms with Gasteiger partial charge < -0.3 is 15.4 Å². The Labute approximate surface area is 152 Å². The molecular formula is C20H20N4O2. The Morgan fingerprint density at radius 3 is 2.38 bits per heavy atom. The van der Waals surface area contributed by atoms with Crippen LogP contribution in [0.2, 0.25) is 0 Å². The smallest absolute Gasteiger partial charge is 0.257 e. The molecule has 3 aromatic rings. The number of carbonyl (C=O) groups excluding carboxylic acids is 1. The maximum atomic E-state index is 12.1. The van der Waals surface area contributed by atoms with Gasteiger partial charge in [0.2, 0.25) is 0 Å². The summed E-state index contributed by atoms with van der Waals surface area (Å²) >= 11 is 0. The Kier molecular flexibility index (Phi) is 5.43. The molecule has 0 aliphatic rings. The predicted molar refractivity (Wildman–Crippen MR) is 102 cm³/mol. The quantitative estimate of drug-likeness (QED) is 0.696. The van der Waals surface area contributed by atoms with E-state index in [1.54, 1.807) is 36.7 Å². The average Bonchev–Trinajstić information content (AvgIpc) is 2.65. The first-order valence-corrected chi connectivity index (χ1v) is 8.31. The van der Waals surface area contributed by atoms with Gasteiger partial charge in [-0.15, -0.1) is 0 Å². The molecule has 132 valence electrons. The first-order chi connectivity index (χ1) is 12.6. The van der Waals surface area contributed by atoms with Crippen LogP contribution < -0.4 is 15.4 Å². The van der Waals surface area contributed by atoms with Gasteiger partial charge >= 0.3 is 0 Å². The van der Waals surface area contributed by atoms with E-state index >= 15 is 0 Å². The van der Waals surface area contributed by atoms with E-state index in [1.807, 2.05) is 38.1 Å². The van der Waals surface area contributed by atoms with Crippen molar-refractivity contribution >= 4 is 23.1 Å². The van der Waals surface area contributed by atoms with Crippen LogP contribution >= 0.6 is 0 Å². The van der Waals surface area contributed by atoms with Crippen LogP contribution in [0.1, 0.15) is 24.2 Å². The Hall–Kier alpha value is -3.41. The molecule has 3 rings (SSSR count). The van der Waals surface area contributed by atoms with Gasteiger partial charge in [0.25, 0.3) is 5.91 Å². The molecule has 6 heteroatoms. The number of amides is 1. The van der Waals surface area contributed by atoms with Crippen molar-refractivity contribution in [1.29, 1.82) is 0 Å². The lowest BCUT2D eigenvalue weighted by Gasteiger charge is -2.11. The van der Waals surface area contributed by atoms with Crippen molar-refractivity contribution in [2.75, 3.05) is 10.6 Å². The van der Waals surface area contributed by atoms with Gasteiger partial charge in [-0.3, -0.25) is 9.78 Å². The number of rotatable bonds is 6. The molecule has 2 aromatic heterocycles. The molecule has 0 radical (unpaired) electrons. The number of aromatic nitrogens is 2. The van der Waals surface area contributed by atoms with Crippen molar-refractivity contribution in [3.8, 4) is 5.75 Å². The fourth-order valence-electron chi connectivity index (χ4n) is 2.28. The fourth-order valence-corrected chi connectivity index (χ4v) is 2.28. The van der Waals surface area contributed by atoms with E-state index in [9.17, 15) is 4.79 Å². The summed E-state index contributed by atoms with van der Waals surface area (Å²) in [5, 5.41) is 6.00. The molecule has 26 heavy (non-hydrogen) atoms. The minimum absolute atomic E-state index is 0.143. The molecule has 0 aliphatic heterocycles. The number of ether oxygens (including phenoxy) is 1. The fraction of sp³-hybridized carbons (Fsp3) is 0.150. The Bertz CT molecular complexity index is 847. The first kappa shape index (κ1) is 17.4. The maximum absolute atomic E-state index is 12.1. The van der Waals surface area contributed by atoms with Crippen molar-refractivity contribution in [2.45, 2.75) is 20.0 Å². The summed E-state index contributed by atoms with van der Waals surface area (Å²) in [6.45, 7) is 3.98. The molecule has 0 bridgehead atoms. The average molecular weight is 348 g/mol. The molecule has 6 nitrogen and oxygen atoms in total. The van der Waals surface area contributed by atoms with E-state index in [4.69, 9.17) is 4.74 Å². The topological polar surface area (TPSA) is 76.1 Å². The van der Waals surface area contributed by atoms with Crippen LogP contribution in [0.5, 0.6) is 5.75 Å². The van der Waals surface area contributed by atoms with Gasteiger partial charge in [-0.2, -0.15) is 0 Å². The largest absolute Gasteiger partial charge is 0.491 e. The Balaban J connectivity index is 1.60. The van der Waals surface area contributed by atoms with Gasteiger partial charge in [-0.1, -0.05) is 0 Å². The van der Waals surface area contributed by atoms with Gasteiger partial charge in [0.05, 0.1) is 23.6 Å². The molecule has 0 atom stereocenters. The molecule has 0 saturated heterocycles. The SMILES string of the molecule is CC(C)Oc1ccc(Nc2ccc(NC(=O)c3cccnc3)cn2)cc1. The second-order valence-corrected chi connectivity index (χ2v) is 5.94. The van der Waals surface area contributed by atoms with Gasteiger partial charge in [0, 0.05) is 18.1 Å². The monoisotopic (exact) mass is 348 g/mol. The zero-order valence-corrected chi connectivity index (χ0v) is 14.6. The molecule has 0 spiro atoms. The number of hydrogen-bond donors (Lipinski definition) is 2. The van der Waals surface area contributed by atoms with Crippen LogP contribution in [0.25, 0.3) is 0 Å². The number of benzene rings is 1. The summed E-state index contributed by atoms with van der Waals surface area (Å²) in [4.78, 5) is 20.3. The molecular weight excluding hydrogens is 328 g/mol. The lowest BCUT2D eigenvalue weighted by Crippen LogP contribution is -2.12. The number of nitrogens with one attached hydrogen (secondary N) is 2. The van der Waals surface area contributed by atoms with Crippen LogP contribution in [0.3, 0.4) is 0 Å². The standard InChI is InChI=1S/C20H20N4O2/c1-14(2)26-18-8-5-16(6-9-18)23-19-10-7-17(13-22-19)24-20(25)15-4-3-11-21-12-15/h3-14H,1-2H3,(H,22,23)(H,24,25). The van der Waals surface area contributed by atoms with Gasteiger partial charge in [0.1, 0.15) is 11.6 Å². The predicted octanol–water partition coefficient (Wildman–Crippen LogP) is 4.26. The number of anilines is 3. The number of nitrogens with zero attached hydrogens (tertiary/aromatic N) is 2. The summed E-state index contributed by atoms with van der Waals surface area (Å²) < 4.78 is 5.62. The van der Waals surface area contributed by atoms with Crippen LogP contribution in [0.4, 0.5) is 17.2 Å². The summed E-state index contributed by atoms with van der Waals surface area (Å²) in [6.07, 6.45) is 4.89. The highest BCUT2D eigenvalue weighted by Crippen LogP contribution is 2.20. The number of hydrogen-bond acceptors (Lipinski definition) is 5. The third-order valence-corrected chi connectivity index (χ3v) is 3.44. The lowest BCUT2D eigenvalue weighted by atomic mass is 10.2. The summed E-state index contributed by atoms with van der Waals surface area (Å²) in [7, 11) is 0. The van der Waals surface area contributed by atoms with Crippen LogP contribution in [-0.2, 0) is 0 Å². The molecule has 1 aromatic carbocycles. The zero-order valence-electron chi connectivity index (χ0n) is 14.6. The second-order valence-electron chi connectivity index (χ2n) is 5.94. The Morgan fingerprint density at radius 1 is 1.00 bits per heavy atom. The van der Waals surface area contributed by atoms with E-state index in [0.29, 0.717) is 17.1 Å². The highest BCUT2D eigenvalue weighted by molar-refractivity contribution is 6.03. The molecule has 2 N–H and O–H groups in total. The molecule has 0 saturated carbocycles. The van der Waals surface area contributed by atoms with E-state index < -0.39 is 0 Å². The van der Waals surface area contributed by atoms with Crippen molar-refractivity contribution in [3.05, 3.63) is 72.7 Å². The lowest BCUT2D eigenvalue weighted by molar-refractivity contribution is 0.102. The van der Waals surface area contributed by atoms with E-state index in [-0.39, 0.29) is 12.0 Å². The summed E-state index contributed by atoms with van der Waals surface area (Å²) in [6, 6.07) is 14.7. The second kappa shape index (κ2) is 8.11. The summed E-state index contributed by atoms with van der Waals surface area (Å²) in [5.41, 5.74) is 2.02. The molecule has 2 heterocycles. The van der Waals surface area contributed by atoms with Crippen LogP contribution in [0.15, 0.2) is 67.1 Å². The highest BCUT2D eigenvalue weighted by Gasteiger charge is 2.06. The number of carbonyl (C=O) groups is 1. The summed E-state index contributed by atoms with van der Waals surface area (Å²) in [5.74, 6) is 1.29. The van der Waals surface area contributed by atoms with Crippen molar-refractivity contribution in [1.82, 2.24) is 9.97 Å². The van der Waals surface area contributed by atoms with E-state index in [1.165, 1.54) is 6.20 Å². The van der Waals surface area contributed by atoms with Crippen molar-refractivity contribution < 1.29 is 9.53 Å². The zero-order chi connectivity index (χ0) is 18.4. The molecule has 0 unspecified atom stereocenters. The van der Waals surface area contributed by atoms with Crippen LogP contribution in [0, 0.1) is 0 Å². The molecule has 0 aliphatic carbocycles. The first-order valence-electron chi connectivity index (χ1n) is 8.31. The van der Waals surface area contributed by atoms with Crippen molar-refractivity contribution in [3.63, 3.8) is 0 Å². The molecule has 1 amide bonds. The minimum atomic E-state index is -0.221. The van der Waals surface area contributed by atoms with Crippen LogP contribution in [-0.4, -0.2) is 22.0 Å². The van der Waals surface area contributed by atoms with Gasteiger partial charge in [0.15, 0.2) is 0 Å². The Morgan fingerprint density at radius 2 is 1.77 bits per heavy atom. The van der Waals surface area contributed by atoms with E-state index in [0.717, 1.165) is 11.4 Å². The van der Waals surface area contributed by atoms with Crippen molar-refractivity contribution in [2.24, 2.45) is 0 Å².